The first-order valence-corrected chi connectivity index (χ1v) is 7.41. The van der Waals surface area contributed by atoms with Gasteiger partial charge in [-0.05, 0) is 37.3 Å². The Bertz CT molecular complexity index is 773. The van der Waals surface area contributed by atoms with Crippen molar-refractivity contribution >= 4 is 29.7 Å². The largest absolute Gasteiger partial charge is 0.462 e. The van der Waals surface area contributed by atoms with Gasteiger partial charge in [0.25, 0.3) is 0 Å². The number of carbonyl (C=O) groups excluding carboxylic acids is 3. The minimum atomic E-state index is -0.922. The zero-order chi connectivity index (χ0) is 18.1. The van der Waals surface area contributed by atoms with E-state index in [1.54, 1.807) is 31.5 Å². The van der Waals surface area contributed by atoms with Crippen LogP contribution in [0.3, 0.4) is 0 Å². The van der Waals surface area contributed by atoms with Crippen molar-refractivity contribution in [2.24, 2.45) is 5.10 Å². The van der Waals surface area contributed by atoms with Crippen LogP contribution in [-0.4, -0.2) is 35.6 Å². The van der Waals surface area contributed by atoms with E-state index in [1.165, 1.54) is 30.5 Å². The number of anilines is 1. The van der Waals surface area contributed by atoms with E-state index in [2.05, 4.69) is 20.8 Å². The lowest BCUT2D eigenvalue weighted by molar-refractivity contribution is -0.136. The van der Waals surface area contributed by atoms with Gasteiger partial charge in [-0.25, -0.2) is 10.2 Å². The molecule has 25 heavy (non-hydrogen) atoms. The van der Waals surface area contributed by atoms with Crippen LogP contribution in [0.5, 0.6) is 0 Å². The first-order chi connectivity index (χ1) is 12.1. The van der Waals surface area contributed by atoms with Crippen LogP contribution in [0.4, 0.5) is 5.69 Å². The lowest BCUT2D eigenvalue weighted by Crippen LogP contribution is -2.32. The Labute approximate surface area is 143 Å². The molecule has 0 atom stereocenters. The number of pyridine rings is 1. The van der Waals surface area contributed by atoms with Gasteiger partial charge in [0.1, 0.15) is 0 Å². The average Bonchev–Trinajstić information content (AvgIpc) is 2.63. The number of ether oxygens (including phenoxy) is 1. The van der Waals surface area contributed by atoms with Gasteiger partial charge < -0.3 is 10.1 Å². The molecule has 2 N–H and O–H groups in total. The van der Waals surface area contributed by atoms with E-state index in [4.69, 9.17) is 4.74 Å². The van der Waals surface area contributed by atoms with Crippen molar-refractivity contribution in [1.29, 1.82) is 0 Å². The number of carbonyl (C=O) groups is 3. The van der Waals surface area contributed by atoms with E-state index in [9.17, 15) is 14.4 Å². The Morgan fingerprint density at radius 2 is 1.92 bits per heavy atom. The minimum Gasteiger partial charge on any atom is -0.462 e. The van der Waals surface area contributed by atoms with Crippen LogP contribution in [0, 0.1) is 0 Å². The number of aromatic nitrogens is 1. The van der Waals surface area contributed by atoms with E-state index in [0.717, 1.165) is 0 Å². The maximum absolute atomic E-state index is 11.8. The fraction of sp³-hybridized carbons (Fsp3) is 0.118. The highest BCUT2D eigenvalue weighted by Crippen LogP contribution is 2.10. The number of nitrogens with zero attached hydrogens (tertiary/aromatic N) is 2. The Morgan fingerprint density at radius 3 is 2.56 bits per heavy atom. The molecule has 0 aliphatic carbocycles. The summed E-state index contributed by atoms with van der Waals surface area (Å²) in [6.07, 6.45) is 4.53. The summed E-state index contributed by atoms with van der Waals surface area (Å²) in [6, 6.07) is 9.44. The number of esters is 1. The molecule has 0 radical (unpaired) electrons. The third kappa shape index (κ3) is 5.54. The molecule has 128 valence electrons. The van der Waals surface area contributed by atoms with Crippen LogP contribution in [0.1, 0.15) is 22.8 Å². The van der Waals surface area contributed by atoms with Crippen molar-refractivity contribution in [2.45, 2.75) is 6.92 Å². The fourth-order valence-corrected chi connectivity index (χ4v) is 1.76. The summed E-state index contributed by atoms with van der Waals surface area (Å²) >= 11 is 0. The summed E-state index contributed by atoms with van der Waals surface area (Å²) in [7, 11) is 0. The Balaban J connectivity index is 1.87. The smallest absolute Gasteiger partial charge is 0.338 e. The molecule has 1 heterocycles. The highest BCUT2D eigenvalue weighted by Gasteiger charge is 2.13. The van der Waals surface area contributed by atoms with E-state index in [1.807, 2.05) is 0 Å². The van der Waals surface area contributed by atoms with E-state index in [-0.39, 0.29) is 6.61 Å². The van der Waals surface area contributed by atoms with Gasteiger partial charge in [0, 0.05) is 23.6 Å². The molecule has 0 fully saturated rings. The van der Waals surface area contributed by atoms with Gasteiger partial charge in [-0.3, -0.25) is 14.6 Å². The van der Waals surface area contributed by atoms with E-state index >= 15 is 0 Å². The predicted octanol–water partition coefficient (Wildman–Crippen LogP) is 1.35. The zero-order valence-electron chi connectivity index (χ0n) is 13.4. The SMILES string of the molecule is CCOC(=O)c1ccc(NC(=O)C(=O)N/N=C\c2cccnc2)cc1. The molecule has 1 aromatic carbocycles. The van der Waals surface area contributed by atoms with Crippen molar-refractivity contribution in [3.8, 4) is 0 Å². The lowest BCUT2D eigenvalue weighted by Gasteiger charge is -2.05. The van der Waals surface area contributed by atoms with Crippen LogP contribution >= 0.6 is 0 Å². The number of hydrazone groups is 1. The van der Waals surface area contributed by atoms with Gasteiger partial charge in [0.2, 0.25) is 0 Å². The molecule has 0 unspecified atom stereocenters. The van der Waals surface area contributed by atoms with Crippen LogP contribution in [0.15, 0.2) is 53.9 Å². The molecule has 1 aromatic heterocycles. The summed E-state index contributed by atoms with van der Waals surface area (Å²) < 4.78 is 4.86. The number of rotatable bonds is 5. The van der Waals surface area contributed by atoms with Gasteiger partial charge in [-0.15, -0.1) is 0 Å². The molecule has 2 rings (SSSR count). The first-order valence-electron chi connectivity index (χ1n) is 7.41. The molecule has 0 saturated carbocycles. The molecular formula is C17H16N4O4. The van der Waals surface area contributed by atoms with Crippen molar-refractivity contribution in [2.75, 3.05) is 11.9 Å². The van der Waals surface area contributed by atoms with Crippen LogP contribution in [0.2, 0.25) is 0 Å². The molecular weight excluding hydrogens is 324 g/mol. The molecule has 8 nitrogen and oxygen atoms in total. The van der Waals surface area contributed by atoms with Crippen molar-refractivity contribution in [1.82, 2.24) is 10.4 Å². The second kappa shape index (κ2) is 8.92. The second-order valence-corrected chi connectivity index (χ2v) is 4.74. The maximum Gasteiger partial charge on any atom is 0.338 e. The molecule has 0 bridgehead atoms. The summed E-state index contributed by atoms with van der Waals surface area (Å²) in [5.74, 6) is -2.26. The Kier molecular flexibility index (Phi) is 6.35. The number of hydrogen-bond donors (Lipinski definition) is 2. The van der Waals surface area contributed by atoms with Crippen molar-refractivity contribution in [3.63, 3.8) is 0 Å². The van der Waals surface area contributed by atoms with Crippen LogP contribution < -0.4 is 10.7 Å². The van der Waals surface area contributed by atoms with Gasteiger partial charge in [-0.2, -0.15) is 5.10 Å². The van der Waals surface area contributed by atoms with Crippen molar-refractivity contribution in [3.05, 3.63) is 59.9 Å². The number of benzene rings is 1. The summed E-state index contributed by atoms with van der Waals surface area (Å²) in [4.78, 5) is 38.9. The van der Waals surface area contributed by atoms with Gasteiger partial charge in [0.15, 0.2) is 0 Å². The number of nitrogens with one attached hydrogen (secondary N) is 2. The zero-order valence-corrected chi connectivity index (χ0v) is 13.4. The third-order valence-corrected chi connectivity index (χ3v) is 2.92. The Hall–Kier alpha value is -3.55. The third-order valence-electron chi connectivity index (χ3n) is 2.92. The molecule has 0 aliphatic rings. The second-order valence-electron chi connectivity index (χ2n) is 4.74. The van der Waals surface area contributed by atoms with Gasteiger partial charge >= 0.3 is 17.8 Å². The lowest BCUT2D eigenvalue weighted by atomic mass is 10.2. The topological polar surface area (TPSA) is 110 Å². The molecule has 8 heteroatoms. The van der Waals surface area contributed by atoms with Crippen LogP contribution in [-0.2, 0) is 14.3 Å². The maximum atomic E-state index is 11.8. The molecule has 2 amide bonds. The van der Waals surface area contributed by atoms with E-state index in [0.29, 0.717) is 16.8 Å². The van der Waals surface area contributed by atoms with Crippen molar-refractivity contribution < 1.29 is 19.1 Å². The van der Waals surface area contributed by atoms with Gasteiger partial charge in [0.05, 0.1) is 18.4 Å². The molecule has 0 spiro atoms. The average molecular weight is 340 g/mol. The minimum absolute atomic E-state index is 0.275. The fourth-order valence-electron chi connectivity index (χ4n) is 1.76. The summed E-state index contributed by atoms with van der Waals surface area (Å²) in [5.41, 5.74) is 3.51. The summed E-state index contributed by atoms with van der Waals surface area (Å²) in [6.45, 7) is 1.99. The highest BCUT2D eigenvalue weighted by molar-refractivity contribution is 6.39. The number of amides is 2. The molecule has 0 saturated heterocycles. The first kappa shape index (κ1) is 17.8. The molecule has 2 aromatic rings. The summed E-state index contributed by atoms with van der Waals surface area (Å²) in [5, 5.41) is 6.07. The number of hydrogen-bond acceptors (Lipinski definition) is 6. The monoisotopic (exact) mass is 340 g/mol. The van der Waals surface area contributed by atoms with E-state index < -0.39 is 17.8 Å². The molecule has 0 aliphatic heterocycles. The quantitative estimate of drug-likeness (QED) is 0.369. The predicted molar refractivity (Wildman–Crippen MR) is 91.0 cm³/mol. The highest BCUT2D eigenvalue weighted by atomic mass is 16.5. The van der Waals surface area contributed by atoms with Gasteiger partial charge in [-0.1, -0.05) is 6.07 Å². The normalized spacial score (nSPS) is 10.3. The Morgan fingerprint density at radius 1 is 1.16 bits per heavy atom. The standard InChI is InChI=1S/C17H16N4O4/c1-2-25-17(24)13-5-7-14(8-6-13)20-15(22)16(23)21-19-11-12-4-3-9-18-10-12/h3-11H,2H2,1H3,(H,20,22)(H,21,23)/b19-11-. The van der Waals surface area contributed by atoms with Crippen LogP contribution in [0.25, 0.3) is 0 Å².